The van der Waals surface area contributed by atoms with E-state index in [0.717, 1.165) is 0 Å². The number of rotatable bonds is 4. The van der Waals surface area contributed by atoms with Crippen molar-refractivity contribution in [1.82, 2.24) is 0 Å². The quantitative estimate of drug-likeness (QED) is 0.771. The van der Waals surface area contributed by atoms with E-state index in [0.29, 0.717) is 11.8 Å². The van der Waals surface area contributed by atoms with Gasteiger partial charge in [-0.1, -0.05) is 72.8 Å². The summed E-state index contributed by atoms with van der Waals surface area (Å²) in [4.78, 5) is 0. The molecule has 3 rings (SSSR count). The molecule has 1 aliphatic carbocycles. The minimum absolute atomic E-state index is 0.174. The smallest absolute Gasteiger partial charge is 0.0496 e. The molecule has 0 spiro atoms. The number of hydrogen-bond donors (Lipinski definition) is 0. The Labute approximate surface area is 141 Å². The highest BCUT2D eigenvalue weighted by Crippen LogP contribution is 2.54. The molecule has 0 heterocycles. The Bertz CT molecular complexity index is 698. The third-order valence-electron chi connectivity index (χ3n) is 4.35. The average molecular weight is 324 g/mol. The Kier molecular flexibility index (Phi) is 4.54. The minimum Gasteiger partial charge on any atom is -0.259 e. The number of hydrogen-bond acceptors (Lipinski definition) is 1. The Morgan fingerprint density at radius 2 is 1.48 bits per heavy atom. The first-order chi connectivity index (χ1) is 11.0. The highest BCUT2D eigenvalue weighted by Gasteiger charge is 2.55. The van der Waals surface area contributed by atoms with E-state index in [2.05, 4.69) is 69.3 Å². The van der Waals surface area contributed by atoms with Crippen LogP contribution in [0.3, 0.4) is 0 Å². The lowest BCUT2D eigenvalue weighted by Gasteiger charge is -2.17. The van der Waals surface area contributed by atoms with Gasteiger partial charge >= 0.3 is 0 Å². The lowest BCUT2D eigenvalue weighted by molar-refractivity contribution is 0.646. The van der Waals surface area contributed by atoms with Crippen molar-refractivity contribution < 1.29 is 4.21 Å². The van der Waals surface area contributed by atoms with Gasteiger partial charge in [0.25, 0.3) is 0 Å². The first-order valence-corrected chi connectivity index (χ1v) is 9.38. The highest BCUT2D eigenvalue weighted by atomic mass is 32.2. The van der Waals surface area contributed by atoms with Crippen LogP contribution < -0.4 is 0 Å². The van der Waals surface area contributed by atoms with Crippen molar-refractivity contribution in [1.29, 1.82) is 0 Å². The van der Waals surface area contributed by atoms with E-state index < -0.39 is 10.8 Å². The molecule has 0 N–H and O–H groups in total. The van der Waals surface area contributed by atoms with Gasteiger partial charge in [-0.05, 0) is 31.9 Å². The normalized spacial score (nSPS) is 25.4. The molecule has 1 fully saturated rings. The van der Waals surface area contributed by atoms with Crippen LogP contribution in [-0.4, -0.2) is 14.2 Å². The summed E-state index contributed by atoms with van der Waals surface area (Å²) in [6.07, 6.45) is 4.42. The van der Waals surface area contributed by atoms with Crippen molar-refractivity contribution in [2.24, 2.45) is 5.92 Å². The molecule has 0 aromatic heterocycles. The molecule has 0 radical (unpaired) electrons. The average Bonchev–Trinajstić information content (AvgIpc) is 3.27. The SMILES string of the molecule is CC(C)(C)S(=O)C1[C@@H](/C=C/c2ccccc2)[C@@H]1c1ccccc1. The van der Waals surface area contributed by atoms with Crippen molar-refractivity contribution in [3.63, 3.8) is 0 Å². The summed E-state index contributed by atoms with van der Waals surface area (Å²) in [5.74, 6) is 0.730. The molecular weight excluding hydrogens is 300 g/mol. The van der Waals surface area contributed by atoms with E-state index in [-0.39, 0.29) is 10.00 Å². The number of benzene rings is 2. The Balaban J connectivity index is 1.84. The second-order valence-corrected chi connectivity index (χ2v) is 9.52. The van der Waals surface area contributed by atoms with Gasteiger partial charge in [0.15, 0.2) is 0 Å². The van der Waals surface area contributed by atoms with Crippen molar-refractivity contribution in [2.75, 3.05) is 0 Å². The molecule has 0 saturated heterocycles. The zero-order valence-electron chi connectivity index (χ0n) is 14.0. The van der Waals surface area contributed by atoms with Crippen molar-refractivity contribution in [2.45, 2.75) is 36.7 Å². The molecule has 4 atom stereocenters. The third-order valence-corrected chi connectivity index (χ3v) is 6.66. The summed E-state index contributed by atoms with van der Waals surface area (Å²) in [5.41, 5.74) is 2.50. The van der Waals surface area contributed by atoms with Gasteiger partial charge in [0.05, 0.1) is 0 Å². The van der Waals surface area contributed by atoms with Crippen LogP contribution in [0.5, 0.6) is 0 Å². The summed E-state index contributed by atoms with van der Waals surface area (Å²) in [6.45, 7) is 6.21. The maximum absolute atomic E-state index is 12.9. The topological polar surface area (TPSA) is 17.1 Å². The van der Waals surface area contributed by atoms with Crippen LogP contribution in [0.15, 0.2) is 66.7 Å². The van der Waals surface area contributed by atoms with E-state index >= 15 is 0 Å². The van der Waals surface area contributed by atoms with Gasteiger partial charge in [0.1, 0.15) is 0 Å². The van der Waals surface area contributed by atoms with Crippen LogP contribution in [0.25, 0.3) is 6.08 Å². The summed E-state index contributed by atoms with van der Waals surface area (Å²) in [5, 5.41) is 0.220. The molecule has 2 aromatic rings. The van der Waals surface area contributed by atoms with Crippen LogP contribution in [0, 0.1) is 5.92 Å². The summed E-state index contributed by atoms with van der Waals surface area (Å²) in [7, 11) is -0.848. The molecule has 0 aliphatic heterocycles. The molecule has 0 amide bonds. The van der Waals surface area contributed by atoms with E-state index in [1.165, 1.54) is 11.1 Å². The fourth-order valence-electron chi connectivity index (χ4n) is 3.09. The van der Waals surface area contributed by atoms with Gasteiger partial charge in [-0.3, -0.25) is 4.21 Å². The largest absolute Gasteiger partial charge is 0.259 e. The van der Waals surface area contributed by atoms with Crippen LogP contribution >= 0.6 is 0 Å². The van der Waals surface area contributed by atoms with Crippen LogP contribution in [0.4, 0.5) is 0 Å². The van der Waals surface area contributed by atoms with Crippen molar-refractivity contribution >= 4 is 16.9 Å². The summed E-state index contributed by atoms with van der Waals surface area (Å²) in [6, 6.07) is 20.8. The van der Waals surface area contributed by atoms with Crippen LogP contribution in [0.2, 0.25) is 0 Å². The third kappa shape index (κ3) is 3.64. The molecule has 0 bridgehead atoms. The lowest BCUT2D eigenvalue weighted by atomic mass is 10.1. The van der Waals surface area contributed by atoms with E-state index in [4.69, 9.17) is 0 Å². The molecule has 2 heteroatoms. The van der Waals surface area contributed by atoms with Gasteiger partial charge in [-0.25, -0.2) is 0 Å². The molecule has 1 saturated carbocycles. The maximum Gasteiger partial charge on any atom is 0.0496 e. The lowest BCUT2D eigenvalue weighted by Crippen LogP contribution is -2.26. The summed E-state index contributed by atoms with van der Waals surface area (Å²) < 4.78 is 12.7. The van der Waals surface area contributed by atoms with E-state index in [9.17, 15) is 4.21 Å². The molecule has 2 unspecified atom stereocenters. The van der Waals surface area contributed by atoms with E-state index in [1.54, 1.807) is 0 Å². The minimum atomic E-state index is -0.848. The highest BCUT2D eigenvalue weighted by molar-refractivity contribution is 7.87. The van der Waals surface area contributed by atoms with Gasteiger partial charge in [-0.2, -0.15) is 0 Å². The standard InChI is InChI=1S/C21H24OS/c1-21(2,3)23(22)20-18(15-14-16-10-6-4-7-11-16)19(20)17-12-8-5-9-13-17/h4-15,18-20H,1-3H3/b15-14+/t18-,19-,20?,23?/m0/s1. The fraction of sp³-hybridized carbons (Fsp3) is 0.333. The van der Waals surface area contributed by atoms with Gasteiger partial charge < -0.3 is 0 Å². The Morgan fingerprint density at radius 1 is 0.913 bits per heavy atom. The zero-order chi connectivity index (χ0) is 16.4. The zero-order valence-corrected chi connectivity index (χ0v) is 14.8. The first-order valence-electron chi connectivity index (χ1n) is 8.17. The molecule has 1 nitrogen and oxygen atoms in total. The summed E-state index contributed by atoms with van der Waals surface area (Å²) >= 11 is 0. The maximum atomic E-state index is 12.9. The Morgan fingerprint density at radius 3 is 2.04 bits per heavy atom. The van der Waals surface area contributed by atoms with Gasteiger partial charge in [0, 0.05) is 32.6 Å². The van der Waals surface area contributed by atoms with Gasteiger partial charge in [0.2, 0.25) is 0 Å². The predicted octanol–water partition coefficient (Wildman–Crippen LogP) is 5.03. The molecule has 1 aliphatic rings. The van der Waals surface area contributed by atoms with Crippen LogP contribution in [-0.2, 0) is 10.8 Å². The van der Waals surface area contributed by atoms with Crippen molar-refractivity contribution in [3.8, 4) is 0 Å². The van der Waals surface area contributed by atoms with E-state index in [1.807, 2.05) is 24.3 Å². The Hall–Kier alpha value is -1.67. The monoisotopic (exact) mass is 324 g/mol. The second kappa shape index (κ2) is 6.45. The predicted molar refractivity (Wildman–Crippen MR) is 99.8 cm³/mol. The second-order valence-electron chi connectivity index (χ2n) is 7.16. The first kappa shape index (κ1) is 16.2. The molecular formula is C21H24OS. The molecule has 120 valence electrons. The van der Waals surface area contributed by atoms with Crippen LogP contribution in [0.1, 0.15) is 37.8 Å². The fourth-order valence-corrected chi connectivity index (χ4v) is 4.97. The molecule has 2 aromatic carbocycles. The number of allylic oxidation sites excluding steroid dienone is 1. The van der Waals surface area contributed by atoms with Crippen molar-refractivity contribution in [3.05, 3.63) is 77.9 Å². The van der Waals surface area contributed by atoms with Gasteiger partial charge in [-0.15, -0.1) is 0 Å². The molecule has 23 heavy (non-hydrogen) atoms.